The third-order valence-corrected chi connectivity index (χ3v) is 7.30. The van der Waals surface area contributed by atoms with Gasteiger partial charge in [-0.2, -0.15) is 4.98 Å². The summed E-state index contributed by atoms with van der Waals surface area (Å²) in [6, 6.07) is 11.6. The molecule has 0 saturated carbocycles. The van der Waals surface area contributed by atoms with Crippen LogP contribution in [0.15, 0.2) is 48.8 Å². The molecule has 1 amide bonds. The first kappa shape index (κ1) is 22.9. The van der Waals surface area contributed by atoms with Crippen molar-refractivity contribution < 1.29 is 14.6 Å². The highest BCUT2D eigenvalue weighted by molar-refractivity contribution is 5.96. The number of morpholine rings is 1. The van der Waals surface area contributed by atoms with Gasteiger partial charge >= 0.3 is 0 Å². The Kier molecular flexibility index (Phi) is 6.25. The molecule has 3 aliphatic rings. The van der Waals surface area contributed by atoms with Crippen LogP contribution in [0.2, 0.25) is 0 Å². The highest BCUT2D eigenvalue weighted by Crippen LogP contribution is 2.39. The lowest BCUT2D eigenvalue weighted by molar-refractivity contribution is 0.0677. The summed E-state index contributed by atoms with van der Waals surface area (Å²) in [5.74, 6) is 1.54. The summed E-state index contributed by atoms with van der Waals surface area (Å²) in [5.41, 5.74) is 4.47. The van der Waals surface area contributed by atoms with Gasteiger partial charge in [-0.1, -0.05) is 12.1 Å². The lowest BCUT2D eigenvalue weighted by Crippen LogP contribution is -2.37. The number of carbonyl (C=O) groups is 1. The maximum Gasteiger partial charge on any atom is 0.254 e. The molecule has 0 bridgehead atoms. The molecule has 3 aromatic rings. The normalized spacial score (nSPS) is 19.6. The monoisotopic (exact) mass is 486 g/mol. The maximum atomic E-state index is 13.3. The third kappa shape index (κ3) is 4.18. The molecule has 186 valence electrons. The summed E-state index contributed by atoms with van der Waals surface area (Å²) in [6.07, 6.45) is 6.20. The Hall–Kier alpha value is -3.56. The highest BCUT2D eigenvalue weighted by Gasteiger charge is 2.31. The molecule has 9 heteroatoms. The Balaban J connectivity index is 1.42. The maximum absolute atomic E-state index is 13.3. The molecule has 36 heavy (non-hydrogen) atoms. The van der Waals surface area contributed by atoms with E-state index in [9.17, 15) is 9.90 Å². The molecule has 1 N–H and O–H groups in total. The van der Waals surface area contributed by atoms with Crippen molar-refractivity contribution in [2.45, 2.75) is 25.3 Å². The lowest BCUT2D eigenvalue weighted by atomic mass is 10.0. The van der Waals surface area contributed by atoms with Crippen molar-refractivity contribution in [3.63, 3.8) is 0 Å². The number of aliphatic hydroxyl groups excluding tert-OH is 1. The Bertz CT molecular complexity index is 1250. The molecule has 0 radical (unpaired) electrons. The van der Waals surface area contributed by atoms with E-state index in [1.54, 1.807) is 11.1 Å². The first-order valence-electron chi connectivity index (χ1n) is 12.7. The van der Waals surface area contributed by atoms with Crippen LogP contribution in [-0.4, -0.2) is 82.9 Å². The highest BCUT2D eigenvalue weighted by atomic mass is 16.5. The van der Waals surface area contributed by atoms with E-state index in [-0.39, 0.29) is 18.6 Å². The van der Waals surface area contributed by atoms with Crippen molar-refractivity contribution in [1.82, 2.24) is 19.9 Å². The quantitative estimate of drug-likeness (QED) is 0.588. The molecule has 1 atom stereocenters. The van der Waals surface area contributed by atoms with E-state index in [2.05, 4.69) is 14.8 Å². The molecule has 1 aromatic carbocycles. The zero-order chi connectivity index (χ0) is 24.5. The second-order valence-corrected chi connectivity index (χ2v) is 9.44. The largest absolute Gasteiger partial charge is 0.394 e. The van der Waals surface area contributed by atoms with Gasteiger partial charge in [-0.15, -0.1) is 0 Å². The summed E-state index contributed by atoms with van der Waals surface area (Å²) >= 11 is 0. The zero-order valence-corrected chi connectivity index (χ0v) is 20.2. The van der Waals surface area contributed by atoms with E-state index >= 15 is 0 Å². The van der Waals surface area contributed by atoms with Crippen molar-refractivity contribution >= 4 is 23.4 Å². The number of anilines is 3. The first-order chi connectivity index (χ1) is 17.7. The van der Waals surface area contributed by atoms with Crippen LogP contribution in [0.25, 0.3) is 11.3 Å². The second kappa shape index (κ2) is 9.83. The number of hydrogen-bond donors (Lipinski definition) is 1. The van der Waals surface area contributed by atoms with Gasteiger partial charge in [0, 0.05) is 49.1 Å². The van der Waals surface area contributed by atoms with Crippen molar-refractivity contribution in [3.05, 3.63) is 59.9 Å². The molecule has 0 unspecified atom stereocenters. The molecule has 3 aliphatic heterocycles. The minimum Gasteiger partial charge on any atom is -0.394 e. The van der Waals surface area contributed by atoms with Gasteiger partial charge in [0.25, 0.3) is 5.91 Å². The number of carbonyl (C=O) groups excluding carboxylic acids is 1. The van der Waals surface area contributed by atoms with Crippen molar-refractivity contribution in [1.29, 1.82) is 0 Å². The predicted octanol–water partition coefficient (Wildman–Crippen LogP) is 2.67. The van der Waals surface area contributed by atoms with Gasteiger partial charge in [0.1, 0.15) is 5.82 Å². The molecule has 0 aliphatic carbocycles. The van der Waals surface area contributed by atoms with Gasteiger partial charge < -0.3 is 24.5 Å². The smallest absolute Gasteiger partial charge is 0.254 e. The molecule has 5 heterocycles. The van der Waals surface area contributed by atoms with Crippen molar-refractivity contribution in [2.75, 3.05) is 55.8 Å². The van der Waals surface area contributed by atoms with Crippen LogP contribution in [0.5, 0.6) is 0 Å². The second-order valence-electron chi connectivity index (χ2n) is 9.44. The Morgan fingerprint density at radius 3 is 2.78 bits per heavy atom. The van der Waals surface area contributed by atoms with Crippen molar-refractivity contribution in [2.24, 2.45) is 0 Å². The third-order valence-electron chi connectivity index (χ3n) is 7.30. The first-order valence-corrected chi connectivity index (χ1v) is 12.7. The van der Waals surface area contributed by atoms with Crippen LogP contribution < -0.4 is 9.80 Å². The average molecular weight is 487 g/mol. The molecule has 6 rings (SSSR count). The molecular weight excluding hydrogens is 456 g/mol. The van der Waals surface area contributed by atoms with Crippen LogP contribution in [0.3, 0.4) is 0 Å². The summed E-state index contributed by atoms with van der Waals surface area (Å²) in [7, 11) is 0. The Morgan fingerprint density at radius 2 is 1.97 bits per heavy atom. The summed E-state index contributed by atoms with van der Waals surface area (Å²) in [4.78, 5) is 33.9. The SMILES string of the molecule is O=C(c1cccc(-c2nc(N3CCOCC3)nc3c2CCN3c2cccnc2)c1)N1CCC[C@@H]1CO. The summed E-state index contributed by atoms with van der Waals surface area (Å²) < 4.78 is 5.55. The van der Waals surface area contributed by atoms with Gasteiger partial charge in [-0.25, -0.2) is 4.98 Å². The lowest BCUT2D eigenvalue weighted by Gasteiger charge is -2.28. The summed E-state index contributed by atoms with van der Waals surface area (Å²) in [5, 5.41) is 9.71. The van der Waals surface area contributed by atoms with E-state index in [1.165, 1.54) is 0 Å². The number of pyridine rings is 1. The van der Waals surface area contributed by atoms with Crippen molar-refractivity contribution in [3.8, 4) is 11.3 Å². The van der Waals surface area contributed by atoms with E-state index in [0.717, 1.165) is 67.2 Å². The number of benzene rings is 1. The van der Waals surface area contributed by atoms with E-state index in [0.29, 0.717) is 31.3 Å². The van der Waals surface area contributed by atoms with Crippen LogP contribution in [0.4, 0.5) is 17.5 Å². The molecule has 9 nitrogen and oxygen atoms in total. The number of fused-ring (bicyclic) bond motifs is 1. The minimum absolute atomic E-state index is 0.00205. The number of aromatic nitrogens is 3. The molecule has 0 spiro atoms. The molecule has 2 aromatic heterocycles. The van der Waals surface area contributed by atoms with Gasteiger partial charge in [-0.3, -0.25) is 9.78 Å². The number of nitrogens with zero attached hydrogens (tertiary/aromatic N) is 6. The fourth-order valence-corrected chi connectivity index (χ4v) is 5.41. The van der Waals surface area contributed by atoms with E-state index < -0.39 is 0 Å². The number of aliphatic hydroxyl groups is 1. The molecule has 2 fully saturated rings. The fourth-order valence-electron chi connectivity index (χ4n) is 5.41. The summed E-state index contributed by atoms with van der Waals surface area (Å²) in [6.45, 7) is 4.24. The number of hydrogen-bond acceptors (Lipinski definition) is 8. The van der Waals surface area contributed by atoms with E-state index in [1.807, 2.05) is 42.6 Å². The molecular formula is C27H30N6O3. The van der Waals surface area contributed by atoms with Crippen LogP contribution in [-0.2, 0) is 11.2 Å². The standard InChI is InChI=1S/C27H30N6O3/c34-18-22-7-3-10-33(22)26(35)20-5-1-4-19(16-20)24-23-8-11-32(21-6-2-9-28-17-21)25(23)30-27(29-24)31-12-14-36-15-13-31/h1-2,4-6,9,16-17,22,34H,3,7-8,10-15,18H2/t22-/m1/s1. The number of rotatable bonds is 5. The Morgan fingerprint density at radius 1 is 1.08 bits per heavy atom. The van der Waals surface area contributed by atoms with Crippen LogP contribution in [0.1, 0.15) is 28.8 Å². The number of amides is 1. The molecule has 2 saturated heterocycles. The van der Waals surface area contributed by atoms with E-state index in [4.69, 9.17) is 14.7 Å². The Labute approximate surface area is 210 Å². The number of likely N-dealkylation sites (tertiary alicyclic amines) is 1. The number of ether oxygens (including phenoxy) is 1. The van der Waals surface area contributed by atoms with Gasteiger partial charge in [0.2, 0.25) is 5.95 Å². The topological polar surface area (TPSA) is 94.9 Å². The average Bonchev–Trinajstić information content (AvgIpc) is 3.60. The van der Waals surface area contributed by atoms with Crippen LogP contribution in [0, 0.1) is 0 Å². The van der Waals surface area contributed by atoms with Gasteiger partial charge in [0.15, 0.2) is 0 Å². The fraction of sp³-hybridized carbons (Fsp3) is 0.407. The zero-order valence-electron chi connectivity index (χ0n) is 20.2. The minimum atomic E-state index is -0.106. The van der Waals surface area contributed by atoms with Gasteiger partial charge in [-0.05, 0) is 43.5 Å². The van der Waals surface area contributed by atoms with Gasteiger partial charge in [0.05, 0.1) is 43.4 Å². The van der Waals surface area contributed by atoms with Crippen LogP contribution >= 0.6 is 0 Å². The predicted molar refractivity (Wildman–Crippen MR) is 137 cm³/mol.